The topological polar surface area (TPSA) is 72.8 Å². The first-order valence-corrected chi connectivity index (χ1v) is 6.82. The van der Waals surface area contributed by atoms with Crippen LogP contribution in [0.3, 0.4) is 0 Å². The maximum Gasteiger partial charge on any atom is 0.336 e. The van der Waals surface area contributed by atoms with Crippen LogP contribution in [0.15, 0.2) is 0 Å². The zero-order valence-electron chi connectivity index (χ0n) is 11.1. The first-order chi connectivity index (χ1) is 8.44. The highest BCUT2D eigenvalue weighted by atomic mass is 16.4. The fourth-order valence-electron chi connectivity index (χ4n) is 3.33. The highest BCUT2D eigenvalue weighted by molar-refractivity contribution is 5.76. The molecule has 3 N–H and O–H groups in total. The van der Waals surface area contributed by atoms with Gasteiger partial charge in [0.2, 0.25) is 0 Å². The average molecular weight is 256 g/mol. The van der Waals surface area contributed by atoms with E-state index in [1.807, 2.05) is 0 Å². The molecule has 5 heteroatoms. The summed E-state index contributed by atoms with van der Waals surface area (Å²) >= 11 is 0. The molecule has 104 valence electrons. The lowest BCUT2D eigenvalue weighted by atomic mass is 9.74. The Morgan fingerprint density at radius 1 is 1.44 bits per heavy atom. The zero-order valence-corrected chi connectivity index (χ0v) is 11.1. The molecule has 0 aliphatic carbocycles. The second kappa shape index (κ2) is 5.15. The van der Waals surface area contributed by atoms with Crippen molar-refractivity contribution in [2.24, 2.45) is 5.41 Å². The van der Waals surface area contributed by atoms with E-state index in [1.165, 1.54) is 26.2 Å². The van der Waals surface area contributed by atoms with E-state index in [0.29, 0.717) is 5.41 Å². The molecule has 18 heavy (non-hydrogen) atoms. The molecule has 2 atom stereocenters. The number of aliphatic carboxylic acids is 1. The summed E-state index contributed by atoms with van der Waals surface area (Å²) in [5.74, 6) is -1.14. The highest BCUT2D eigenvalue weighted by Crippen LogP contribution is 2.36. The molecule has 0 radical (unpaired) electrons. The summed E-state index contributed by atoms with van der Waals surface area (Å²) in [7, 11) is 0. The molecular weight excluding hydrogens is 232 g/mol. The van der Waals surface area contributed by atoms with Gasteiger partial charge in [0, 0.05) is 19.6 Å². The molecule has 0 aromatic rings. The molecule has 2 aliphatic heterocycles. The van der Waals surface area contributed by atoms with Crippen molar-refractivity contribution >= 4 is 5.97 Å². The summed E-state index contributed by atoms with van der Waals surface area (Å²) in [5.41, 5.74) is -1.34. The van der Waals surface area contributed by atoms with Crippen molar-refractivity contribution in [1.82, 2.24) is 10.2 Å². The van der Waals surface area contributed by atoms with Crippen LogP contribution in [-0.4, -0.2) is 59.4 Å². The second-order valence-electron chi connectivity index (χ2n) is 6.17. The molecule has 2 rings (SSSR count). The van der Waals surface area contributed by atoms with Crippen molar-refractivity contribution in [3.05, 3.63) is 0 Å². The maximum absolute atomic E-state index is 11.0. The number of piperidine rings is 2. The van der Waals surface area contributed by atoms with Crippen molar-refractivity contribution in [2.45, 2.75) is 38.2 Å². The van der Waals surface area contributed by atoms with Gasteiger partial charge in [0.15, 0.2) is 5.60 Å². The summed E-state index contributed by atoms with van der Waals surface area (Å²) in [6.07, 6.45) is 4.72. The van der Waals surface area contributed by atoms with Gasteiger partial charge >= 0.3 is 5.97 Å². The molecule has 2 fully saturated rings. The van der Waals surface area contributed by atoms with Gasteiger partial charge in [0.25, 0.3) is 0 Å². The third-order valence-corrected chi connectivity index (χ3v) is 4.29. The normalized spacial score (nSPS) is 33.2. The summed E-state index contributed by atoms with van der Waals surface area (Å²) in [5, 5.41) is 22.3. The van der Waals surface area contributed by atoms with E-state index in [2.05, 4.69) is 10.2 Å². The van der Waals surface area contributed by atoms with Crippen LogP contribution in [0.4, 0.5) is 0 Å². The van der Waals surface area contributed by atoms with E-state index in [0.717, 1.165) is 32.6 Å². The Kier molecular flexibility index (Phi) is 3.94. The van der Waals surface area contributed by atoms with Crippen molar-refractivity contribution in [3.8, 4) is 0 Å². The minimum atomic E-state index is -1.64. The molecule has 5 nitrogen and oxygen atoms in total. The smallest absolute Gasteiger partial charge is 0.336 e. The first kappa shape index (κ1) is 13.8. The van der Waals surface area contributed by atoms with Gasteiger partial charge in [-0.3, -0.25) is 4.90 Å². The van der Waals surface area contributed by atoms with Gasteiger partial charge in [-0.2, -0.15) is 0 Å². The van der Waals surface area contributed by atoms with E-state index >= 15 is 0 Å². The standard InChI is InChI=1S/C13H24N2O3/c1-12(18,11(16)17)9-15-7-3-5-13(10-15)4-2-6-14-8-13/h14,18H,2-10H2,1H3,(H,16,17). The molecule has 0 aromatic heterocycles. The molecule has 2 heterocycles. The van der Waals surface area contributed by atoms with Crippen molar-refractivity contribution in [3.63, 3.8) is 0 Å². The lowest BCUT2D eigenvalue weighted by Crippen LogP contribution is -2.55. The Hall–Kier alpha value is -0.650. The molecule has 1 spiro atoms. The lowest BCUT2D eigenvalue weighted by molar-refractivity contribution is -0.159. The molecule has 0 bridgehead atoms. The molecule has 0 saturated carbocycles. The number of likely N-dealkylation sites (tertiary alicyclic amines) is 1. The molecule has 2 saturated heterocycles. The minimum absolute atomic E-state index is 0.226. The Labute approximate surface area is 108 Å². The number of β-amino-alcohol motifs (C(OH)–C–C–N with tert-alkyl or cyclic N) is 1. The quantitative estimate of drug-likeness (QED) is 0.677. The third-order valence-electron chi connectivity index (χ3n) is 4.29. The van der Waals surface area contributed by atoms with Crippen LogP contribution in [0.1, 0.15) is 32.6 Å². The van der Waals surface area contributed by atoms with Crippen LogP contribution in [0.5, 0.6) is 0 Å². The number of carboxylic acid groups (broad SMARTS) is 1. The summed E-state index contributed by atoms with van der Waals surface area (Å²) in [6, 6.07) is 0. The molecule has 0 aromatic carbocycles. The van der Waals surface area contributed by atoms with Gasteiger partial charge in [-0.1, -0.05) is 0 Å². The molecule has 2 aliphatic rings. The predicted molar refractivity (Wildman–Crippen MR) is 68.5 cm³/mol. The number of aliphatic hydroxyl groups is 1. The van der Waals surface area contributed by atoms with Gasteiger partial charge < -0.3 is 15.5 Å². The fourth-order valence-corrected chi connectivity index (χ4v) is 3.33. The van der Waals surface area contributed by atoms with E-state index < -0.39 is 11.6 Å². The Morgan fingerprint density at radius 3 is 2.78 bits per heavy atom. The fraction of sp³-hybridized carbons (Fsp3) is 0.923. The van der Waals surface area contributed by atoms with Crippen molar-refractivity contribution in [1.29, 1.82) is 0 Å². The summed E-state index contributed by atoms with van der Waals surface area (Å²) in [4.78, 5) is 13.1. The Bertz CT molecular complexity index is 306. The SMILES string of the molecule is CC(O)(CN1CCCC2(CCCNC2)C1)C(=O)O. The number of carbonyl (C=O) groups is 1. The van der Waals surface area contributed by atoms with Crippen LogP contribution in [0.2, 0.25) is 0 Å². The number of hydrogen-bond donors (Lipinski definition) is 3. The van der Waals surface area contributed by atoms with Crippen LogP contribution in [0.25, 0.3) is 0 Å². The third kappa shape index (κ3) is 3.02. The maximum atomic E-state index is 11.0. The van der Waals surface area contributed by atoms with Crippen LogP contribution in [-0.2, 0) is 4.79 Å². The van der Waals surface area contributed by atoms with Gasteiger partial charge in [-0.25, -0.2) is 4.79 Å². The number of rotatable bonds is 3. The van der Waals surface area contributed by atoms with E-state index in [4.69, 9.17) is 5.11 Å². The summed E-state index contributed by atoms with van der Waals surface area (Å²) in [6.45, 7) is 5.53. The lowest BCUT2D eigenvalue weighted by Gasteiger charge is -2.46. The monoisotopic (exact) mass is 256 g/mol. The van der Waals surface area contributed by atoms with Crippen LogP contribution < -0.4 is 5.32 Å². The number of nitrogens with zero attached hydrogens (tertiary/aromatic N) is 1. The van der Waals surface area contributed by atoms with Crippen LogP contribution >= 0.6 is 0 Å². The van der Waals surface area contributed by atoms with E-state index in [-0.39, 0.29) is 6.54 Å². The van der Waals surface area contributed by atoms with Gasteiger partial charge in [0.05, 0.1) is 0 Å². The number of hydrogen-bond acceptors (Lipinski definition) is 4. The Balaban J connectivity index is 1.96. The minimum Gasteiger partial charge on any atom is -0.479 e. The molecular formula is C13H24N2O3. The average Bonchev–Trinajstić information content (AvgIpc) is 2.29. The van der Waals surface area contributed by atoms with Crippen LogP contribution in [0, 0.1) is 5.41 Å². The van der Waals surface area contributed by atoms with Crippen molar-refractivity contribution in [2.75, 3.05) is 32.7 Å². The molecule has 2 unspecified atom stereocenters. The van der Waals surface area contributed by atoms with Crippen molar-refractivity contribution < 1.29 is 15.0 Å². The second-order valence-corrected chi connectivity index (χ2v) is 6.17. The highest BCUT2D eigenvalue weighted by Gasteiger charge is 2.40. The predicted octanol–water partition coefficient (Wildman–Crippen LogP) is 0.288. The summed E-state index contributed by atoms with van der Waals surface area (Å²) < 4.78 is 0. The largest absolute Gasteiger partial charge is 0.479 e. The zero-order chi connectivity index (χ0) is 13.2. The number of carboxylic acids is 1. The van der Waals surface area contributed by atoms with Gasteiger partial charge in [-0.15, -0.1) is 0 Å². The van der Waals surface area contributed by atoms with Gasteiger partial charge in [-0.05, 0) is 51.1 Å². The first-order valence-electron chi connectivity index (χ1n) is 6.82. The van der Waals surface area contributed by atoms with E-state index in [9.17, 15) is 9.90 Å². The Morgan fingerprint density at radius 2 is 2.17 bits per heavy atom. The number of nitrogens with one attached hydrogen (secondary N) is 1. The van der Waals surface area contributed by atoms with Gasteiger partial charge in [0.1, 0.15) is 0 Å². The molecule has 0 amide bonds. The van der Waals surface area contributed by atoms with E-state index in [1.54, 1.807) is 0 Å².